The predicted molar refractivity (Wildman–Crippen MR) is 86.0 cm³/mol. The van der Waals surface area contributed by atoms with Crippen LogP contribution in [0.3, 0.4) is 0 Å². The molecule has 5 nitrogen and oxygen atoms in total. The van der Waals surface area contributed by atoms with Crippen LogP contribution in [0.4, 0.5) is 0 Å². The number of aryl methyl sites for hydroxylation is 1. The zero-order chi connectivity index (χ0) is 15.5. The third kappa shape index (κ3) is 5.02. The van der Waals surface area contributed by atoms with Gasteiger partial charge in [-0.1, -0.05) is 6.92 Å². The molecule has 120 valence electrons. The van der Waals surface area contributed by atoms with E-state index < -0.39 is 10.0 Å². The van der Waals surface area contributed by atoms with Crippen molar-refractivity contribution in [2.24, 2.45) is 5.92 Å². The molecule has 0 aliphatic heterocycles. The minimum atomic E-state index is -3.49. The van der Waals surface area contributed by atoms with Crippen LogP contribution in [-0.4, -0.2) is 33.0 Å². The number of hydrogen-bond donors (Lipinski definition) is 2. The molecule has 0 bridgehead atoms. The fourth-order valence-electron chi connectivity index (χ4n) is 2.08. The third-order valence-corrected chi connectivity index (χ3v) is 5.86. The van der Waals surface area contributed by atoms with Crippen LogP contribution < -0.4 is 10.0 Å². The average molecular weight is 332 g/mol. The Bertz CT molecular complexity index is 565. The molecule has 1 heterocycles. The summed E-state index contributed by atoms with van der Waals surface area (Å²) in [6, 6.07) is 2.20. The normalized spacial score (nSPS) is 17.1. The van der Waals surface area contributed by atoms with Crippen molar-refractivity contribution in [1.29, 1.82) is 0 Å². The van der Waals surface area contributed by atoms with Gasteiger partial charge in [0.2, 0.25) is 10.0 Å². The maximum Gasteiger partial charge on any atom is 0.244 e. The first-order valence-electron chi connectivity index (χ1n) is 7.23. The predicted octanol–water partition coefficient (Wildman–Crippen LogP) is 2.12. The maximum atomic E-state index is 12.3. The van der Waals surface area contributed by atoms with E-state index >= 15 is 0 Å². The van der Waals surface area contributed by atoms with Crippen molar-refractivity contribution in [2.45, 2.75) is 44.2 Å². The van der Waals surface area contributed by atoms with Crippen LogP contribution in [0.1, 0.15) is 31.3 Å². The number of thioether (sulfide) groups is 1. The quantitative estimate of drug-likeness (QED) is 0.725. The first-order chi connectivity index (χ1) is 9.92. The first-order valence-corrected chi connectivity index (χ1v) is 10.1. The standard InChI is InChI=1S/C14H24N2O3S2/c1-10(9-20-3)7-16-21(17,18)14-6-13(19-11(14)2)8-15-12-4-5-12/h6,10,12,15-16H,4-5,7-9H2,1-3H3. The van der Waals surface area contributed by atoms with Crippen LogP contribution >= 0.6 is 11.8 Å². The van der Waals surface area contributed by atoms with Gasteiger partial charge in [-0.25, -0.2) is 13.1 Å². The SMILES string of the molecule is CSCC(C)CNS(=O)(=O)c1cc(CNC2CC2)oc1C. The Morgan fingerprint density at radius 3 is 2.81 bits per heavy atom. The van der Waals surface area contributed by atoms with Gasteiger partial charge in [0.25, 0.3) is 0 Å². The number of rotatable bonds is 9. The van der Waals surface area contributed by atoms with E-state index in [2.05, 4.69) is 10.0 Å². The Kier molecular flexibility index (Phi) is 5.76. The lowest BCUT2D eigenvalue weighted by molar-refractivity contribution is 0.456. The van der Waals surface area contributed by atoms with Gasteiger partial charge in [-0.3, -0.25) is 0 Å². The summed E-state index contributed by atoms with van der Waals surface area (Å²) < 4.78 is 32.9. The smallest absolute Gasteiger partial charge is 0.244 e. The molecule has 0 spiro atoms. The molecule has 1 aromatic rings. The largest absolute Gasteiger partial charge is 0.464 e. The molecule has 0 radical (unpaired) electrons. The Morgan fingerprint density at radius 2 is 2.19 bits per heavy atom. The van der Waals surface area contributed by atoms with Gasteiger partial charge in [0, 0.05) is 18.7 Å². The highest BCUT2D eigenvalue weighted by Gasteiger charge is 2.24. The molecule has 0 saturated heterocycles. The van der Waals surface area contributed by atoms with Gasteiger partial charge in [0.15, 0.2) is 0 Å². The molecular weight excluding hydrogens is 308 g/mol. The van der Waals surface area contributed by atoms with E-state index in [4.69, 9.17) is 4.42 Å². The van der Waals surface area contributed by atoms with E-state index in [-0.39, 0.29) is 4.90 Å². The number of nitrogens with one attached hydrogen (secondary N) is 2. The van der Waals surface area contributed by atoms with Crippen molar-refractivity contribution in [3.8, 4) is 0 Å². The summed E-state index contributed by atoms with van der Waals surface area (Å²) >= 11 is 1.72. The fraction of sp³-hybridized carbons (Fsp3) is 0.714. The van der Waals surface area contributed by atoms with Gasteiger partial charge in [-0.15, -0.1) is 0 Å². The fourth-order valence-corrected chi connectivity index (χ4v) is 4.14. The van der Waals surface area contributed by atoms with Gasteiger partial charge < -0.3 is 9.73 Å². The summed E-state index contributed by atoms with van der Waals surface area (Å²) in [6.45, 7) is 4.76. The first kappa shape index (κ1) is 16.9. The van der Waals surface area contributed by atoms with Gasteiger partial charge in [0.05, 0.1) is 6.54 Å². The van der Waals surface area contributed by atoms with Gasteiger partial charge in [0.1, 0.15) is 16.4 Å². The summed E-state index contributed by atoms with van der Waals surface area (Å²) in [5.74, 6) is 2.37. The molecule has 0 amide bonds. The average Bonchev–Trinajstić information content (AvgIpc) is 3.17. The summed E-state index contributed by atoms with van der Waals surface area (Å²) in [6.07, 6.45) is 4.41. The lowest BCUT2D eigenvalue weighted by Gasteiger charge is -2.11. The topological polar surface area (TPSA) is 71.3 Å². The second kappa shape index (κ2) is 7.17. The number of furan rings is 1. The molecule has 0 aromatic carbocycles. The lowest BCUT2D eigenvalue weighted by atomic mass is 10.2. The molecule has 21 heavy (non-hydrogen) atoms. The number of sulfonamides is 1. The third-order valence-electron chi connectivity index (χ3n) is 3.43. The second-order valence-corrected chi connectivity index (χ2v) is 8.35. The molecule has 1 atom stereocenters. The zero-order valence-electron chi connectivity index (χ0n) is 12.8. The molecule has 1 aliphatic carbocycles. The van der Waals surface area contributed by atoms with E-state index in [0.29, 0.717) is 36.6 Å². The van der Waals surface area contributed by atoms with E-state index in [1.807, 2.05) is 13.2 Å². The van der Waals surface area contributed by atoms with Gasteiger partial charge in [-0.2, -0.15) is 11.8 Å². The Hall–Kier alpha value is -0.500. The van der Waals surface area contributed by atoms with E-state index in [9.17, 15) is 8.42 Å². The molecule has 7 heteroatoms. The van der Waals surface area contributed by atoms with Crippen molar-refractivity contribution in [2.75, 3.05) is 18.6 Å². The van der Waals surface area contributed by atoms with E-state index in [1.165, 1.54) is 12.8 Å². The van der Waals surface area contributed by atoms with Crippen molar-refractivity contribution in [3.63, 3.8) is 0 Å². The molecule has 1 saturated carbocycles. The van der Waals surface area contributed by atoms with Crippen molar-refractivity contribution >= 4 is 21.8 Å². The summed E-state index contributed by atoms with van der Waals surface area (Å²) in [4.78, 5) is 0.256. The Labute approximate surface area is 131 Å². The summed E-state index contributed by atoms with van der Waals surface area (Å²) in [5.41, 5.74) is 0. The summed E-state index contributed by atoms with van der Waals surface area (Å²) in [5, 5.41) is 3.32. The van der Waals surface area contributed by atoms with Crippen LogP contribution in [0.2, 0.25) is 0 Å². The minimum Gasteiger partial charge on any atom is -0.464 e. The van der Waals surface area contributed by atoms with Crippen LogP contribution in [0, 0.1) is 12.8 Å². The minimum absolute atomic E-state index is 0.256. The molecule has 1 aromatic heterocycles. The summed E-state index contributed by atoms with van der Waals surface area (Å²) in [7, 11) is -3.49. The molecule has 2 N–H and O–H groups in total. The maximum absolute atomic E-state index is 12.3. The van der Waals surface area contributed by atoms with Crippen LogP contribution in [0.25, 0.3) is 0 Å². The lowest BCUT2D eigenvalue weighted by Crippen LogP contribution is -2.29. The van der Waals surface area contributed by atoms with Crippen LogP contribution in [0.15, 0.2) is 15.4 Å². The van der Waals surface area contributed by atoms with Crippen LogP contribution in [-0.2, 0) is 16.6 Å². The molecular formula is C14H24N2O3S2. The number of hydrogen-bond acceptors (Lipinski definition) is 5. The Morgan fingerprint density at radius 1 is 1.48 bits per heavy atom. The Balaban J connectivity index is 1.97. The molecule has 1 fully saturated rings. The molecule has 1 aliphatic rings. The monoisotopic (exact) mass is 332 g/mol. The van der Waals surface area contributed by atoms with Crippen molar-refractivity contribution in [1.82, 2.24) is 10.0 Å². The van der Waals surface area contributed by atoms with Crippen molar-refractivity contribution < 1.29 is 12.8 Å². The van der Waals surface area contributed by atoms with Crippen molar-refractivity contribution in [3.05, 3.63) is 17.6 Å². The van der Waals surface area contributed by atoms with E-state index in [0.717, 1.165) is 5.75 Å². The zero-order valence-corrected chi connectivity index (χ0v) is 14.4. The second-order valence-electron chi connectivity index (χ2n) is 5.70. The highest BCUT2D eigenvalue weighted by atomic mass is 32.2. The molecule has 1 unspecified atom stereocenters. The van der Waals surface area contributed by atoms with Gasteiger partial charge in [-0.05, 0) is 37.7 Å². The highest BCUT2D eigenvalue weighted by Crippen LogP contribution is 2.23. The highest BCUT2D eigenvalue weighted by molar-refractivity contribution is 7.98. The molecule has 2 rings (SSSR count). The van der Waals surface area contributed by atoms with Crippen LogP contribution in [0.5, 0.6) is 0 Å². The van der Waals surface area contributed by atoms with E-state index in [1.54, 1.807) is 24.8 Å². The van der Waals surface area contributed by atoms with Gasteiger partial charge >= 0.3 is 0 Å².